The normalized spacial score (nSPS) is 10.9. The Balaban J connectivity index is 1.68. The van der Waals surface area contributed by atoms with Crippen molar-refractivity contribution >= 4 is 38.3 Å². The van der Waals surface area contributed by atoms with E-state index in [0.29, 0.717) is 23.6 Å². The number of halogens is 2. The van der Waals surface area contributed by atoms with Gasteiger partial charge in [-0.1, -0.05) is 47.2 Å². The second kappa shape index (κ2) is 5.77. The van der Waals surface area contributed by atoms with Crippen molar-refractivity contribution in [3.63, 3.8) is 0 Å². The summed E-state index contributed by atoms with van der Waals surface area (Å²) >= 11 is 7.63. The van der Waals surface area contributed by atoms with Crippen LogP contribution < -0.4 is 5.32 Å². The summed E-state index contributed by atoms with van der Waals surface area (Å²) < 4.78 is 14.5. The zero-order valence-corrected chi connectivity index (χ0v) is 12.1. The zero-order valence-electron chi connectivity index (χ0n) is 10.6. The molecule has 5 heteroatoms. The van der Waals surface area contributed by atoms with Crippen LogP contribution >= 0.6 is 22.9 Å². The molecule has 3 rings (SSSR count). The molecule has 0 saturated heterocycles. The Morgan fingerprint density at radius 3 is 2.80 bits per heavy atom. The first-order valence-electron chi connectivity index (χ1n) is 6.26. The summed E-state index contributed by atoms with van der Waals surface area (Å²) in [5, 5.41) is 4.74. The van der Waals surface area contributed by atoms with Crippen molar-refractivity contribution in [3.05, 3.63) is 58.9 Å². The predicted octanol–water partition coefficient (Wildman–Crippen LogP) is 4.74. The molecule has 0 aliphatic heterocycles. The number of benzene rings is 2. The fraction of sp³-hybridized carbons (Fsp3) is 0.133. The number of hydrogen-bond donors (Lipinski definition) is 1. The molecule has 0 spiro atoms. The van der Waals surface area contributed by atoms with Crippen molar-refractivity contribution in [2.75, 3.05) is 11.9 Å². The van der Waals surface area contributed by atoms with Crippen LogP contribution in [0.3, 0.4) is 0 Å². The Morgan fingerprint density at radius 1 is 1.15 bits per heavy atom. The van der Waals surface area contributed by atoms with Gasteiger partial charge >= 0.3 is 0 Å². The van der Waals surface area contributed by atoms with Gasteiger partial charge in [-0.15, -0.1) is 0 Å². The van der Waals surface area contributed by atoms with Gasteiger partial charge in [-0.05, 0) is 30.2 Å². The molecular weight excluding hydrogens is 295 g/mol. The van der Waals surface area contributed by atoms with Gasteiger partial charge in [-0.25, -0.2) is 9.37 Å². The largest absolute Gasteiger partial charge is 0.361 e. The molecule has 0 amide bonds. The summed E-state index contributed by atoms with van der Waals surface area (Å²) in [6.45, 7) is 0.637. The van der Waals surface area contributed by atoms with Crippen LogP contribution in [-0.4, -0.2) is 11.5 Å². The van der Waals surface area contributed by atoms with Crippen LogP contribution in [0.15, 0.2) is 42.5 Å². The SMILES string of the molecule is Fc1ccccc1CCNc1nc2cccc(Cl)c2s1. The second-order valence-corrected chi connectivity index (χ2v) is 5.78. The van der Waals surface area contributed by atoms with Crippen LogP contribution in [0.4, 0.5) is 9.52 Å². The van der Waals surface area contributed by atoms with E-state index in [1.54, 1.807) is 12.1 Å². The maximum atomic E-state index is 13.5. The van der Waals surface area contributed by atoms with Gasteiger partial charge in [-0.3, -0.25) is 0 Å². The number of aromatic nitrogens is 1. The lowest BCUT2D eigenvalue weighted by atomic mass is 10.1. The fourth-order valence-corrected chi connectivity index (χ4v) is 3.18. The van der Waals surface area contributed by atoms with E-state index in [9.17, 15) is 4.39 Å². The van der Waals surface area contributed by atoms with Crippen molar-refractivity contribution in [1.29, 1.82) is 0 Å². The van der Waals surface area contributed by atoms with Crippen LogP contribution in [0.1, 0.15) is 5.56 Å². The smallest absolute Gasteiger partial charge is 0.183 e. The highest BCUT2D eigenvalue weighted by Gasteiger charge is 2.06. The van der Waals surface area contributed by atoms with Crippen LogP contribution in [0.5, 0.6) is 0 Å². The molecule has 1 aromatic heterocycles. The Hall–Kier alpha value is -1.65. The Morgan fingerprint density at radius 2 is 2.00 bits per heavy atom. The second-order valence-electron chi connectivity index (χ2n) is 4.38. The van der Waals surface area contributed by atoms with Gasteiger partial charge in [0.25, 0.3) is 0 Å². The number of fused-ring (bicyclic) bond motifs is 1. The van der Waals surface area contributed by atoms with Crippen molar-refractivity contribution in [3.8, 4) is 0 Å². The number of nitrogens with zero attached hydrogens (tertiary/aromatic N) is 1. The van der Waals surface area contributed by atoms with Crippen molar-refractivity contribution < 1.29 is 4.39 Å². The third kappa shape index (κ3) is 2.76. The van der Waals surface area contributed by atoms with E-state index in [0.717, 1.165) is 15.3 Å². The summed E-state index contributed by atoms with van der Waals surface area (Å²) in [6.07, 6.45) is 0.621. The highest BCUT2D eigenvalue weighted by Crippen LogP contribution is 2.31. The van der Waals surface area contributed by atoms with Crippen molar-refractivity contribution in [2.24, 2.45) is 0 Å². The predicted molar refractivity (Wildman–Crippen MR) is 83.2 cm³/mol. The van der Waals surface area contributed by atoms with Crippen LogP contribution in [-0.2, 0) is 6.42 Å². The highest BCUT2D eigenvalue weighted by molar-refractivity contribution is 7.22. The molecule has 2 nitrogen and oxygen atoms in total. The van der Waals surface area contributed by atoms with Crippen LogP contribution in [0.2, 0.25) is 5.02 Å². The molecule has 3 aromatic rings. The van der Waals surface area contributed by atoms with E-state index in [1.165, 1.54) is 17.4 Å². The lowest BCUT2D eigenvalue weighted by molar-refractivity contribution is 0.610. The van der Waals surface area contributed by atoms with E-state index >= 15 is 0 Å². The first-order chi connectivity index (χ1) is 9.74. The average Bonchev–Trinajstić information content (AvgIpc) is 2.85. The molecule has 2 aromatic carbocycles. The lowest BCUT2D eigenvalue weighted by Crippen LogP contribution is -2.05. The van der Waals surface area contributed by atoms with E-state index in [2.05, 4.69) is 10.3 Å². The van der Waals surface area contributed by atoms with Crippen molar-refractivity contribution in [2.45, 2.75) is 6.42 Å². The molecule has 1 N–H and O–H groups in total. The molecule has 102 valence electrons. The minimum atomic E-state index is -0.165. The Bertz CT molecular complexity index is 742. The molecule has 0 atom stereocenters. The van der Waals surface area contributed by atoms with E-state index < -0.39 is 0 Å². The quantitative estimate of drug-likeness (QED) is 0.753. The summed E-state index contributed by atoms with van der Waals surface area (Å²) in [5.41, 5.74) is 1.59. The van der Waals surface area contributed by atoms with Gasteiger partial charge in [0.05, 0.1) is 15.2 Å². The van der Waals surface area contributed by atoms with Gasteiger partial charge in [0, 0.05) is 6.54 Å². The van der Waals surface area contributed by atoms with Gasteiger partial charge in [0.15, 0.2) is 5.13 Å². The lowest BCUT2D eigenvalue weighted by Gasteiger charge is -2.03. The van der Waals surface area contributed by atoms with Crippen LogP contribution in [0.25, 0.3) is 10.2 Å². The summed E-state index contributed by atoms with van der Waals surface area (Å²) in [5.74, 6) is -0.165. The van der Waals surface area contributed by atoms with Gasteiger partial charge in [0.2, 0.25) is 0 Å². The molecule has 0 unspecified atom stereocenters. The molecule has 0 aliphatic rings. The van der Waals surface area contributed by atoms with Gasteiger partial charge in [-0.2, -0.15) is 0 Å². The molecule has 1 heterocycles. The molecule has 0 radical (unpaired) electrons. The number of anilines is 1. The van der Waals surface area contributed by atoms with E-state index in [1.807, 2.05) is 24.3 Å². The third-order valence-corrected chi connectivity index (χ3v) is 4.48. The minimum Gasteiger partial charge on any atom is -0.361 e. The fourth-order valence-electron chi connectivity index (χ4n) is 2.00. The Labute approximate surface area is 125 Å². The molecule has 0 bridgehead atoms. The van der Waals surface area contributed by atoms with E-state index in [-0.39, 0.29) is 5.82 Å². The molecule has 20 heavy (non-hydrogen) atoms. The van der Waals surface area contributed by atoms with Gasteiger partial charge in [0.1, 0.15) is 5.82 Å². The zero-order chi connectivity index (χ0) is 13.9. The van der Waals surface area contributed by atoms with Crippen LogP contribution in [0, 0.1) is 5.82 Å². The number of rotatable bonds is 4. The van der Waals surface area contributed by atoms with E-state index in [4.69, 9.17) is 11.6 Å². The Kier molecular flexibility index (Phi) is 3.85. The topological polar surface area (TPSA) is 24.9 Å². The maximum Gasteiger partial charge on any atom is 0.183 e. The standard InChI is InChI=1S/C15H12ClFN2S/c16-11-5-3-7-13-14(11)20-15(19-13)18-9-8-10-4-1-2-6-12(10)17/h1-7H,8-9H2,(H,18,19). The summed E-state index contributed by atoms with van der Waals surface area (Å²) in [4.78, 5) is 4.46. The summed E-state index contributed by atoms with van der Waals surface area (Å²) in [6, 6.07) is 12.5. The number of hydrogen-bond acceptors (Lipinski definition) is 3. The number of nitrogens with one attached hydrogen (secondary N) is 1. The monoisotopic (exact) mass is 306 g/mol. The number of thiazole rings is 1. The molecule has 0 saturated carbocycles. The molecular formula is C15H12ClFN2S. The highest BCUT2D eigenvalue weighted by atomic mass is 35.5. The first kappa shape index (κ1) is 13.3. The van der Waals surface area contributed by atoms with Gasteiger partial charge < -0.3 is 5.32 Å². The summed E-state index contributed by atoms with van der Waals surface area (Å²) in [7, 11) is 0. The maximum absolute atomic E-state index is 13.5. The first-order valence-corrected chi connectivity index (χ1v) is 7.46. The average molecular weight is 307 g/mol. The minimum absolute atomic E-state index is 0.165. The van der Waals surface area contributed by atoms with Crippen molar-refractivity contribution in [1.82, 2.24) is 4.98 Å². The molecule has 0 aliphatic carbocycles. The third-order valence-electron chi connectivity index (χ3n) is 3.00. The molecule has 0 fully saturated rings.